The first-order valence-electron chi connectivity index (χ1n) is 24.1. The molecular formula is C53H58N8O9S2. The largest absolute Gasteiger partial charge is 0.393 e. The maximum Gasteiger partial charge on any atom is 0.255 e. The predicted octanol–water partition coefficient (Wildman–Crippen LogP) is 5.33. The van der Waals surface area contributed by atoms with Gasteiger partial charge in [0.05, 0.1) is 57.1 Å². The molecule has 7 atom stereocenters. The van der Waals surface area contributed by atoms with Crippen LogP contribution in [-0.2, 0) is 38.8 Å². The highest BCUT2D eigenvalue weighted by atomic mass is 32.1. The van der Waals surface area contributed by atoms with Gasteiger partial charge in [0.1, 0.15) is 35.4 Å². The molecule has 6 aromatic rings. The minimum atomic E-state index is -1.71. The molecular weight excluding hydrogens is 957 g/mol. The van der Waals surface area contributed by atoms with E-state index in [4.69, 9.17) is 9.51 Å². The van der Waals surface area contributed by atoms with Crippen LogP contribution in [-0.4, -0.2) is 124 Å². The number of thiazole rings is 2. The Morgan fingerprint density at radius 1 is 0.833 bits per heavy atom. The molecule has 5 N–H and O–H groups in total. The summed E-state index contributed by atoms with van der Waals surface area (Å²) in [6, 6.07) is 21.3. The van der Waals surface area contributed by atoms with Gasteiger partial charge in [-0.2, -0.15) is 0 Å². The van der Waals surface area contributed by atoms with Crippen molar-refractivity contribution >= 4 is 52.2 Å². The van der Waals surface area contributed by atoms with Crippen molar-refractivity contribution in [2.45, 2.75) is 109 Å². The van der Waals surface area contributed by atoms with Crippen molar-refractivity contribution in [2.24, 2.45) is 5.92 Å². The van der Waals surface area contributed by atoms with E-state index >= 15 is 0 Å². The van der Waals surface area contributed by atoms with Gasteiger partial charge in [-0.05, 0) is 53.6 Å². The van der Waals surface area contributed by atoms with Gasteiger partial charge in [0.25, 0.3) is 5.91 Å². The van der Waals surface area contributed by atoms with Gasteiger partial charge in [-0.15, -0.1) is 22.7 Å². The van der Waals surface area contributed by atoms with Crippen molar-refractivity contribution in [1.82, 2.24) is 40.5 Å². The van der Waals surface area contributed by atoms with Crippen molar-refractivity contribution in [3.05, 3.63) is 135 Å². The SMILES string of the molecule is Cc1cc(C(C(=O)N2C[C@H](O)C[C@H]2C(=O)NCc2ccc(-c3scnc3C)cc2)C(C)c2ncsc2-c2ccc(CNC(=O)[C@@H]3C[C@@](O)(CO)CN3C(=O)[C@H](C(C)C)N3Cc4ccccc4C3=O)cc2)on1. The first-order chi connectivity index (χ1) is 34.5. The molecule has 2 saturated heterocycles. The lowest BCUT2D eigenvalue weighted by Crippen LogP contribution is -2.55. The molecule has 72 heavy (non-hydrogen) atoms. The van der Waals surface area contributed by atoms with E-state index in [1.165, 1.54) is 26.0 Å². The van der Waals surface area contributed by atoms with Crippen LogP contribution in [0.1, 0.15) is 95.3 Å². The summed E-state index contributed by atoms with van der Waals surface area (Å²) in [5.74, 6) is -3.56. The Morgan fingerprint density at radius 2 is 1.46 bits per heavy atom. The minimum absolute atomic E-state index is 0.0389. The van der Waals surface area contributed by atoms with Crippen molar-refractivity contribution < 1.29 is 43.8 Å². The summed E-state index contributed by atoms with van der Waals surface area (Å²) in [4.78, 5) is 85.7. The van der Waals surface area contributed by atoms with Crippen LogP contribution < -0.4 is 10.6 Å². The molecule has 6 heterocycles. The molecule has 3 aliphatic rings. The fourth-order valence-corrected chi connectivity index (χ4v) is 12.0. The summed E-state index contributed by atoms with van der Waals surface area (Å²) in [5, 5.41) is 42.3. The number of aromatic nitrogens is 3. The number of aliphatic hydroxyl groups excluding tert-OH is 2. The Bertz CT molecular complexity index is 2970. The second-order valence-corrected chi connectivity index (χ2v) is 21.3. The van der Waals surface area contributed by atoms with Crippen molar-refractivity contribution in [2.75, 3.05) is 19.7 Å². The Labute approximate surface area is 424 Å². The van der Waals surface area contributed by atoms with Crippen molar-refractivity contribution in [3.8, 4) is 20.9 Å². The van der Waals surface area contributed by atoms with Gasteiger partial charge in [-0.3, -0.25) is 24.0 Å². The standard InChI is InChI=1S/C53H58N8O9S2/c1-29(2)45(60-23-37-8-6-7-9-39(37)50(60)66)52(68)61-25-53(69,26-62)20-41(61)49(65)55-22-34-12-16-36(17-13-34)47-44(57-28-72-47)31(4)43(42-18-30(3)58-70-42)51(67)59-24-38(63)19-40(59)48(64)54-21-33-10-14-35(15-11-33)46-32(5)56-27-71-46/h6-18,27-29,31,38,40-41,43,45,62-63,69H,19-26H2,1-5H3,(H,54,64)(H,55,65)/t31?,38-,40+,41+,43?,45+,53+/m1/s1. The number of β-amino-alcohol motifs (C(OH)–C–C–N with tert-alkyl or cyclic N) is 2. The highest BCUT2D eigenvalue weighted by Crippen LogP contribution is 2.42. The second kappa shape index (κ2) is 20.8. The van der Waals surface area contributed by atoms with Crippen LogP contribution in [0.5, 0.6) is 0 Å². The normalized spacial score (nSPS) is 21.0. The van der Waals surface area contributed by atoms with Crippen LogP contribution >= 0.6 is 22.7 Å². The molecule has 0 radical (unpaired) electrons. The van der Waals surface area contributed by atoms with Crippen LogP contribution in [0.2, 0.25) is 0 Å². The molecule has 9 rings (SSSR count). The lowest BCUT2D eigenvalue weighted by molar-refractivity contribution is -0.143. The summed E-state index contributed by atoms with van der Waals surface area (Å²) < 4.78 is 5.76. The third-order valence-corrected chi connectivity index (χ3v) is 16.0. The molecule has 19 heteroatoms. The average molecular weight is 1020 g/mol. The summed E-state index contributed by atoms with van der Waals surface area (Å²) in [5.41, 5.74) is 8.74. The van der Waals surface area contributed by atoms with Crippen molar-refractivity contribution in [3.63, 3.8) is 0 Å². The highest BCUT2D eigenvalue weighted by molar-refractivity contribution is 7.13. The molecule has 3 aromatic heterocycles. The van der Waals surface area contributed by atoms with Crippen LogP contribution in [0.15, 0.2) is 94.4 Å². The van der Waals surface area contributed by atoms with Crippen molar-refractivity contribution in [1.29, 1.82) is 0 Å². The quantitative estimate of drug-likeness (QED) is 0.0829. The van der Waals surface area contributed by atoms with E-state index in [0.717, 1.165) is 43.3 Å². The number of nitrogens with one attached hydrogen (secondary N) is 2. The topological polar surface area (TPSA) is 232 Å². The van der Waals surface area contributed by atoms with Crippen LogP contribution in [0.25, 0.3) is 20.9 Å². The zero-order valence-electron chi connectivity index (χ0n) is 40.6. The zero-order chi connectivity index (χ0) is 51.0. The predicted molar refractivity (Wildman–Crippen MR) is 269 cm³/mol. The lowest BCUT2D eigenvalue weighted by Gasteiger charge is -2.35. The summed E-state index contributed by atoms with van der Waals surface area (Å²) in [6.07, 6.45) is -1.02. The molecule has 0 spiro atoms. The molecule has 2 unspecified atom stereocenters. The van der Waals surface area contributed by atoms with E-state index in [2.05, 4.69) is 20.8 Å². The third-order valence-electron chi connectivity index (χ3n) is 14.1. The monoisotopic (exact) mass is 1010 g/mol. The van der Waals surface area contributed by atoms with Crippen LogP contribution in [0.3, 0.4) is 0 Å². The summed E-state index contributed by atoms with van der Waals surface area (Å²) in [7, 11) is 0. The smallest absolute Gasteiger partial charge is 0.255 e. The summed E-state index contributed by atoms with van der Waals surface area (Å²) in [6.45, 7) is 8.87. The molecule has 2 fully saturated rings. The number of rotatable bonds is 16. The molecule has 3 aromatic carbocycles. The van der Waals surface area contributed by atoms with Gasteiger partial charge >= 0.3 is 0 Å². The van der Waals surface area contributed by atoms with E-state index in [1.807, 2.05) is 93.9 Å². The number of aryl methyl sites for hydroxylation is 2. The van der Waals surface area contributed by atoms with Gasteiger partial charge in [0.15, 0.2) is 0 Å². The number of benzene rings is 3. The van der Waals surface area contributed by atoms with E-state index in [0.29, 0.717) is 22.7 Å². The number of hydrogen-bond donors (Lipinski definition) is 5. The summed E-state index contributed by atoms with van der Waals surface area (Å²) >= 11 is 2.96. The highest BCUT2D eigenvalue weighted by Gasteiger charge is 2.51. The van der Waals surface area contributed by atoms with Crippen LogP contribution in [0.4, 0.5) is 0 Å². The third kappa shape index (κ3) is 10.1. The van der Waals surface area contributed by atoms with Gasteiger partial charge in [0, 0.05) is 56.6 Å². The zero-order valence-corrected chi connectivity index (χ0v) is 42.3. The molecule has 0 saturated carbocycles. The maximum absolute atomic E-state index is 14.8. The maximum atomic E-state index is 14.8. The van der Waals surface area contributed by atoms with E-state index in [-0.39, 0.29) is 63.3 Å². The molecule has 0 aliphatic carbocycles. The van der Waals surface area contributed by atoms with Crippen LogP contribution in [0, 0.1) is 19.8 Å². The lowest BCUT2D eigenvalue weighted by atomic mass is 9.86. The molecule has 5 amide bonds. The Morgan fingerprint density at radius 3 is 2.06 bits per heavy atom. The van der Waals surface area contributed by atoms with Gasteiger partial charge < -0.3 is 45.2 Å². The Kier molecular flexibility index (Phi) is 14.6. The molecule has 17 nitrogen and oxygen atoms in total. The number of hydrogen-bond acceptors (Lipinski definition) is 14. The fraction of sp³-hybridized carbons (Fsp3) is 0.396. The number of amides is 5. The number of fused-ring (bicyclic) bond motifs is 1. The first-order valence-corrected chi connectivity index (χ1v) is 25.8. The number of carbonyl (C=O) groups excluding carboxylic acids is 5. The van der Waals surface area contributed by atoms with Gasteiger partial charge in [-0.1, -0.05) is 92.7 Å². The number of likely N-dealkylation sites (tertiary alicyclic amines) is 2. The fourth-order valence-electron chi connectivity index (χ4n) is 10.3. The Balaban J connectivity index is 0.872. The second-order valence-electron chi connectivity index (χ2n) is 19.5. The number of nitrogens with zero attached hydrogens (tertiary/aromatic N) is 6. The average Bonchev–Trinajstić information content (AvgIpc) is 4.26. The Hall–Kier alpha value is -6.64. The van der Waals surface area contributed by atoms with Gasteiger partial charge in [0.2, 0.25) is 23.6 Å². The minimum Gasteiger partial charge on any atom is -0.393 e. The number of carbonyl (C=O) groups is 5. The van der Waals surface area contributed by atoms with E-state index in [1.54, 1.807) is 42.0 Å². The van der Waals surface area contributed by atoms with E-state index < -0.39 is 66.0 Å². The van der Waals surface area contributed by atoms with Gasteiger partial charge in [-0.25, -0.2) is 9.97 Å². The first kappa shape index (κ1) is 50.3. The molecule has 376 valence electrons. The number of aliphatic hydroxyl groups is 3. The molecule has 0 bridgehead atoms. The molecule has 3 aliphatic heterocycles. The van der Waals surface area contributed by atoms with E-state index in [9.17, 15) is 39.3 Å².